The molecule has 0 spiro atoms. The van der Waals surface area contributed by atoms with Crippen molar-refractivity contribution < 1.29 is 8.42 Å². The second-order valence-electron chi connectivity index (χ2n) is 4.12. The van der Waals surface area contributed by atoms with Gasteiger partial charge in [0, 0.05) is 31.4 Å². The van der Waals surface area contributed by atoms with E-state index in [1.54, 1.807) is 12.5 Å². The Hall–Kier alpha value is -0.590. The minimum Gasteiger partial charge on any atom is -0.337 e. The molecule has 5 nitrogen and oxygen atoms in total. The first-order chi connectivity index (χ1) is 8.64. The zero-order valence-corrected chi connectivity index (χ0v) is 12.0. The predicted molar refractivity (Wildman–Crippen MR) is 73.2 cm³/mol. The Balaban J connectivity index is 2.06. The molecule has 18 heavy (non-hydrogen) atoms. The lowest BCUT2D eigenvalue weighted by atomic mass is 10.3. The number of nitrogens with zero attached hydrogens (tertiary/aromatic N) is 2. The van der Waals surface area contributed by atoms with Crippen LogP contribution in [-0.2, 0) is 16.6 Å². The van der Waals surface area contributed by atoms with Gasteiger partial charge in [0.15, 0.2) is 0 Å². The number of imidazole rings is 1. The van der Waals surface area contributed by atoms with Crippen LogP contribution in [0.4, 0.5) is 0 Å². The summed E-state index contributed by atoms with van der Waals surface area (Å²) in [6.45, 7) is 1.37. The number of halogens is 1. The first-order valence-electron chi connectivity index (χ1n) is 6.13. The molecule has 0 saturated carbocycles. The van der Waals surface area contributed by atoms with Crippen molar-refractivity contribution in [3.63, 3.8) is 0 Å². The van der Waals surface area contributed by atoms with Gasteiger partial charge in [-0.15, -0.1) is 11.6 Å². The number of nitrogens with one attached hydrogen (secondary N) is 1. The van der Waals surface area contributed by atoms with E-state index < -0.39 is 10.0 Å². The molecule has 0 aliphatic heterocycles. The van der Waals surface area contributed by atoms with Crippen molar-refractivity contribution in [1.29, 1.82) is 0 Å². The van der Waals surface area contributed by atoms with E-state index in [0.717, 1.165) is 25.8 Å². The summed E-state index contributed by atoms with van der Waals surface area (Å²) in [6.07, 6.45) is 8.51. The van der Waals surface area contributed by atoms with Crippen molar-refractivity contribution in [2.45, 2.75) is 32.2 Å². The molecule has 0 fully saturated rings. The first-order valence-corrected chi connectivity index (χ1v) is 8.32. The lowest BCUT2D eigenvalue weighted by Gasteiger charge is -2.06. The van der Waals surface area contributed by atoms with E-state index in [1.807, 2.05) is 10.8 Å². The average molecular weight is 294 g/mol. The van der Waals surface area contributed by atoms with E-state index >= 15 is 0 Å². The normalized spacial score (nSPS) is 11.8. The van der Waals surface area contributed by atoms with Crippen LogP contribution in [0, 0.1) is 0 Å². The molecule has 1 rings (SSSR count). The Bertz CT molecular complexity index is 406. The van der Waals surface area contributed by atoms with Gasteiger partial charge < -0.3 is 4.57 Å². The quantitative estimate of drug-likeness (QED) is 0.526. The van der Waals surface area contributed by atoms with Gasteiger partial charge in [-0.3, -0.25) is 0 Å². The van der Waals surface area contributed by atoms with Gasteiger partial charge in [-0.05, 0) is 25.7 Å². The highest BCUT2D eigenvalue weighted by atomic mass is 35.5. The van der Waals surface area contributed by atoms with Crippen molar-refractivity contribution in [3.8, 4) is 0 Å². The maximum absolute atomic E-state index is 11.5. The molecule has 0 aliphatic rings. The third kappa shape index (κ3) is 6.98. The molecule has 1 N–H and O–H groups in total. The van der Waals surface area contributed by atoms with Crippen LogP contribution in [-0.4, -0.2) is 36.1 Å². The molecule has 7 heteroatoms. The predicted octanol–water partition coefficient (Wildman–Crippen LogP) is 1.60. The van der Waals surface area contributed by atoms with Crippen LogP contribution in [0.5, 0.6) is 0 Å². The largest absolute Gasteiger partial charge is 0.337 e. The van der Waals surface area contributed by atoms with Crippen LogP contribution in [0.15, 0.2) is 18.7 Å². The number of rotatable bonds is 10. The zero-order valence-electron chi connectivity index (χ0n) is 10.4. The molecule has 1 aromatic heterocycles. The van der Waals surface area contributed by atoms with Crippen LogP contribution >= 0.6 is 11.6 Å². The molecular formula is C11H20ClN3O2S. The van der Waals surface area contributed by atoms with E-state index in [4.69, 9.17) is 11.6 Å². The highest BCUT2D eigenvalue weighted by Crippen LogP contribution is 1.98. The second-order valence-corrected chi connectivity index (χ2v) is 6.42. The Morgan fingerprint density at radius 2 is 2.06 bits per heavy atom. The number of sulfonamides is 1. The van der Waals surface area contributed by atoms with Crippen LogP contribution in [0.25, 0.3) is 0 Å². The Kier molecular flexibility index (Phi) is 7.31. The van der Waals surface area contributed by atoms with E-state index in [2.05, 4.69) is 9.71 Å². The maximum Gasteiger partial charge on any atom is 0.211 e. The second kappa shape index (κ2) is 8.50. The van der Waals surface area contributed by atoms with Gasteiger partial charge in [-0.1, -0.05) is 0 Å². The number of alkyl halides is 1. The van der Waals surface area contributed by atoms with E-state index in [1.165, 1.54) is 0 Å². The van der Waals surface area contributed by atoms with Crippen LogP contribution in [0.1, 0.15) is 25.7 Å². The monoisotopic (exact) mass is 293 g/mol. The smallest absolute Gasteiger partial charge is 0.211 e. The molecular weight excluding hydrogens is 274 g/mol. The summed E-state index contributed by atoms with van der Waals surface area (Å²) >= 11 is 5.50. The molecule has 0 bridgehead atoms. The number of aromatic nitrogens is 2. The fourth-order valence-electron chi connectivity index (χ4n) is 1.52. The van der Waals surface area contributed by atoms with Crippen molar-refractivity contribution in [1.82, 2.24) is 14.3 Å². The molecule has 0 aliphatic carbocycles. The number of unbranched alkanes of at least 4 members (excludes halogenated alkanes) is 2. The molecule has 1 aromatic rings. The van der Waals surface area contributed by atoms with Crippen LogP contribution < -0.4 is 4.72 Å². The average Bonchev–Trinajstić information content (AvgIpc) is 2.81. The summed E-state index contributed by atoms with van der Waals surface area (Å²) < 4.78 is 27.6. The van der Waals surface area contributed by atoms with Gasteiger partial charge in [-0.2, -0.15) is 0 Å². The molecule has 0 aromatic carbocycles. The Morgan fingerprint density at radius 3 is 2.72 bits per heavy atom. The number of hydrogen-bond donors (Lipinski definition) is 1. The number of aryl methyl sites for hydroxylation is 1. The third-order valence-electron chi connectivity index (χ3n) is 2.52. The molecule has 1 heterocycles. The Labute approximate surface area is 114 Å². The van der Waals surface area contributed by atoms with Crippen molar-refractivity contribution in [2.24, 2.45) is 0 Å². The highest BCUT2D eigenvalue weighted by molar-refractivity contribution is 7.89. The topological polar surface area (TPSA) is 64.0 Å². The fraction of sp³-hybridized carbons (Fsp3) is 0.727. The van der Waals surface area contributed by atoms with Gasteiger partial charge in [0.05, 0.1) is 12.1 Å². The molecule has 0 saturated heterocycles. The summed E-state index contributed by atoms with van der Waals surface area (Å²) in [4.78, 5) is 3.94. The summed E-state index contributed by atoms with van der Waals surface area (Å²) in [7, 11) is -3.12. The molecule has 0 amide bonds. The minimum atomic E-state index is -3.12. The summed E-state index contributed by atoms with van der Waals surface area (Å²) in [5, 5.41) is 0. The van der Waals surface area contributed by atoms with Gasteiger partial charge >= 0.3 is 0 Å². The Morgan fingerprint density at radius 1 is 1.22 bits per heavy atom. The van der Waals surface area contributed by atoms with Gasteiger partial charge in [0.2, 0.25) is 10.0 Å². The zero-order chi connectivity index (χ0) is 13.3. The van der Waals surface area contributed by atoms with Crippen molar-refractivity contribution in [3.05, 3.63) is 18.7 Å². The summed E-state index contributed by atoms with van der Waals surface area (Å²) in [5.41, 5.74) is 0. The third-order valence-corrected chi connectivity index (χ3v) is 4.26. The maximum atomic E-state index is 11.5. The van der Waals surface area contributed by atoms with E-state index in [0.29, 0.717) is 18.8 Å². The summed E-state index contributed by atoms with van der Waals surface area (Å²) in [5.74, 6) is 0.682. The first kappa shape index (κ1) is 15.5. The number of hydrogen-bond acceptors (Lipinski definition) is 3. The molecule has 0 atom stereocenters. The summed E-state index contributed by atoms with van der Waals surface area (Å²) in [6, 6.07) is 0. The SMILES string of the molecule is O=S(=O)(CCCCCl)NCCCCn1ccnc1. The van der Waals surface area contributed by atoms with E-state index in [9.17, 15) is 8.42 Å². The van der Waals surface area contributed by atoms with Crippen LogP contribution in [0.3, 0.4) is 0 Å². The van der Waals surface area contributed by atoms with Crippen molar-refractivity contribution in [2.75, 3.05) is 18.2 Å². The fourth-order valence-corrected chi connectivity index (χ4v) is 2.90. The van der Waals surface area contributed by atoms with Gasteiger partial charge in [-0.25, -0.2) is 18.1 Å². The molecule has 104 valence electrons. The standard InChI is InChI=1S/C11H20ClN3O2S/c12-5-1-4-10-18(16,17)14-6-2-3-8-15-9-7-13-11-15/h7,9,11,14H,1-6,8,10H2. The lowest BCUT2D eigenvalue weighted by molar-refractivity contribution is 0.564. The van der Waals surface area contributed by atoms with E-state index in [-0.39, 0.29) is 5.75 Å². The van der Waals surface area contributed by atoms with Gasteiger partial charge in [0.25, 0.3) is 0 Å². The molecule has 0 unspecified atom stereocenters. The van der Waals surface area contributed by atoms with Gasteiger partial charge in [0.1, 0.15) is 0 Å². The lowest BCUT2D eigenvalue weighted by Crippen LogP contribution is -2.27. The highest BCUT2D eigenvalue weighted by Gasteiger charge is 2.08. The van der Waals surface area contributed by atoms with Crippen LogP contribution in [0.2, 0.25) is 0 Å². The minimum absolute atomic E-state index is 0.168. The molecule has 0 radical (unpaired) electrons. The van der Waals surface area contributed by atoms with Crippen molar-refractivity contribution >= 4 is 21.6 Å².